The van der Waals surface area contributed by atoms with Gasteiger partial charge in [-0.05, 0) is 38.2 Å². The van der Waals surface area contributed by atoms with Gasteiger partial charge < -0.3 is 14.2 Å². The summed E-state index contributed by atoms with van der Waals surface area (Å²) in [5.41, 5.74) is 0. The molecular formula is C12H16N2O4S. The van der Waals surface area contributed by atoms with Gasteiger partial charge in [-0.3, -0.25) is 0 Å². The van der Waals surface area contributed by atoms with Crippen LogP contribution in [0.3, 0.4) is 0 Å². The lowest BCUT2D eigenvalue weighted by Gasteiger charge is -2.02. The summed E-state index contributed by atoms with van der Waals surface area (Å²) in [6.07, 6.45) is 0. The van der Waals surface area contributed by atoms with Gasteiger partial charge in [0.15, 0.2) is 0 Å². The van der Waals surface area contributed by atoms with Gasteiger partial charge in [0.05, 0.1) is 13.1 Å². The Kier molecular flexibility index (Phi) is 4.08. The first-order chi connectivity index (χ1) is 9.01. The van der Waals surface area contributed by atoms with E-state index in [-0.39, 0.29) is 11.6 Å². The van der Waals surface area contributed by atoms with Gasteiger partial charge in [-0.2, -0.15) is 0 Å². The maximum atomic E-state index is 12.0. The molecule has 2 heterocycles. The quantitative estimate of drug-likeness (QED) is 0.837. The molecule has 0 saturated heterocycles. The Bertz CT molecular complexity index is 642. The van der Waals surface area contributed by atoms with Crippen LogP contribution in [0.5, 0.6) is 0 Å². The van der Waals surface area contributed by atoms with Crippen molar-refractivity contribution in [3.63, 3.8) is 0 Å². The van der Waals surface area contributed by atoms with Gasteiger partial charge in [-0.15, -0.1) is 0 Å². The Morgan fingerprint density at radius 3 is 2.37 bits per heavy atom. The monoisotopic (exact) mass is 284 g/mol. The van der Waals surface area contributed by atoms with E-state index in [2.05, 4.69) is 10.0 Å². The van der Waals surface area contributed by atoms with E-state index in [0.29, 0.717) is 18.1 Å². The number of sulfonamides is 1. The molecule has 104 valence electrons. The second-order valence-corrected chi connectivity index (χ2v) is 5.79. The molecule has 2 rings (SSSR count). The Balaban J connectivity index is 2.04. The smallest absolute Gasteiger partial charge is 0.274 e. The summed E-state index contributed by atoms with van der Waals surface area (Å²) in [7, 11) is -1.89. The van der Waals surface area contributed by atoms with Gasteiger partial charge in [-0.25, -0.2) is 13.1 Å². The molecule has 0 radical (unpaired) electrons. The van der Waals surface area contributed by atoms with Crippen molar-refractivity contribution in [1.29, 1.82) is 0 Å². The summed E-state index contributed by atoms with van der Waals surface area (Å²) in [6.45, 7) is 2.37. The molecule has 0 unspecified atom stereocenters. The van der Waals surface area contributed by atoms with E-state index >= 15 is 0 Å². The normalized spacial score (nSPS) is 11.9. The van der Waals surface area contributed by atoms with Crippen molar-refractivity contribution in [2.75, 3.05) is 7.05 Å². The predicted molar refractivity (Wildman–Crippen MR) is 68.9 cm³/mol. The lowest BCUT2D eigenvalue weighted by molar-refractivity contribution is 0.403. The highest BCUT2D eigenvalue weighted by Gasteiger charge is 2.18. The maximum Gasteiger partial charge on any atom is 0.274 e. The predicted octanol–water partition coefficient (Wildman–Crippen LogP) is 1.38. The summed E-state index contributed by atoms with van der Waals surface area (Å²) >= 11 is 0. The van der Waals surface area contributed by atoms with Crippen LogP contribution in [-0.2, 0) is 23.1 Å². The first-order valence-corrected chi connectivity index (χ1v) is 7.28. The van der Waals surface area contributed by atoms with Crippen LogP contribution < -0.4 is 10.0 Å². The standard InChI is InChI=1S/C12H16N2O4S/c1-9-3-4-11(17-9)8-14-19(15,16)12-6-5-10(18-12)7-13-2/h3-6,13-14H,7-8H2,1-2H3. The zero-order valence-corrected chi connectivity index (χ0v) is 11.6. The van der Waals surface area contributed by atoms with Crippen LogP contribution in [0.2, 0.25) is 0 Å². The SMILES string of the molecule is CNCc1ccc(S(=O)(=O)NCc2ccc(C)o2)o1. The van der Waals surface area contributed by atoms with Crippen LogP contribution in [0.4, 0.5) is 0 Å². The topological polar surface area (TPSA) is 84.5 Å². The zero-order valence-electron chi connectivity index (χ0n) is 10.8. The van der Waals surface area contributed by atoms with Crippen molar-refractivity contribution in [1.82, 2.24) is 10.0 Å². The summed E-state index contributed by atoms with van der Waals surface area (Å²) < 4.78 is 36.9. The fraction of sp³-hybridized carbons (Fsp3) is 0.333. The van der Waals surface area contributed by atoms with Gasteiger partial charge >= 0.3 is 0 Å². The lowest BCUT2D eigenvalue weighted by Crippen LogP contribution is -2.22. The molecule has 2 aromatic heterocycles. The summed E-state index contributed by atoms with van der Waals surface area (Å²) in [4.78, 5) is 0. The van der Waals surface area contributed by atoms with Crippen LogP contribution in [0, 0.1) is 6.92 Å². The molecule has 0 amide bonds. The Morgan fingerprint density at radius 1 is 1.05 bits per heavy atom. The molecule has 0 atom stereocenters. The molecule has 2 aromatic rings. The van der Waals surface area contributed by atoms with E-state index in [1.54, 1.807) is 32.2 Å². The molecular weight excluding hydrogens is 268 g/mol. The number of aryl methyl sites for hydroxylation is 1. The van der Waals surface area contributed by atoms with Crippen molar-refractivity contribution in [2.24, 2.45) is 0 Å². The van der Waals surface area contributed by atoms with Crippen LogP contribution in [0.1, 0.15) is 17.3 Å². The third-order valence-electron chi connectivity index (χ3n) is 2.49. The molecule has 6 nitrogen and oxygen atoms in total. The maximum absolute atomic E-state index is 12.0. The number of nitrogens with one attached hydrogen (secondary N) is 2. The molecule has 2 N–H and O–H groups in total. The molecule has 0 fully saturated rings. The zero-order chi connectivity index (χ0) is 13.9. The molecule has 19 heavy (non-hydrogen) atoms. The molecule has 0 aromatic carbocycles. The molecule has 0 aliphatic heterocycles. The Morgan fingerprint density at radius 2 is 1.74 bits per heavy atom. The highest BCUT2D eigenvalue weighted by atomic mass is 32.2. The molecule has 0 spiro atoms. The van der Waals surface area contributed by atoms with Gasteiger partial charge in [-0.1, -0.05) is 0 Å². The van der Waals surface area contributed by atoms with Gasteiger partial charge in [0.2, 0.25) is 5.09 Å². The van der Waals surface area contributed by atoms with Gasteiger partial charge in [0.1, 0.15) is 17.3 Å². The molecule has 0 bridgehead atoms. The highest BCUT2D eigenvalue weighted by molar-refractivity contribution is 7.89. The van der Waals surface area contributed by atoms with Crippen LogP contribution in [-0.4, -0.2) is 15.5 Å². The number of hydrogen-bond acceptors (Lipinski definition) is 5. The van der Waals surface area contributed by atoms with Crippen LogP contribution in [0.15, 0.2) is 38.2 Å². The Hall–Kier alpha value is -1.57. The average molecular weight is 284 g/mol. The first kappa shape index (κ1) is 13.9. The number of furan rings is 2. The second kappa shape index (κ2) is 5.60. The van der Waals surface area contributed by atoms with Crippen molar-refractivity contribution in [2.45, 2.75) is 25.1 Å². The molecule has 0 saturated carbocycles. The fourth-order valence-corrected chi connectivity index (χ4v) is 2.53. The highest BCUT2D eigenvalue weighted by Crippen LogP contribution is 2.14. The fourth-order valence-electron chi connectivity index (χ4n) is 1.59. The van der Waals surface area contributed by atoms with Crippen LogP contribution >= 0.6 is 0 Å². The van der Waals surface area contributed by atoms with E-state index in [9.17, 15) is 8.42 Å². The number of hydrogen-bond donors (Lipinski definition) is 2. The van der Waals surface area contributed by atoms with Gasteiger partial charge in [0, 0.05) is 0 Å². The molecule has 7 heteroatoms. The Labute approximate surface area is 111 Å². The van der Waals surface area contributed by atoms with Crippen LogP contribution in [0.25, 0.3) is 0 Å². The van der Waals surface area contributed by atoms with E-state index in [1.807, 2.05) is 0 Å². The third-order valence-corrected chi connectivity index (χ3v) is 3.76. The minimum absolute atomic E-state index is 0.0955. The minimum atomic E-state index is -3.65. The van der Waals surface area contributed by atoms with Crippen molar-refractivity contribution < 1.29 is 17.3 Å². The second-order valence-electron chi connectivity index (χ2n) is 4.09. The molecule has 0 aliphatic carbocycles. The van der Waals surface area contributed by atoms with E-state index in [0.717, 1.165) is 5.76 Å². The summed E-state index contributed by atoms with van der Waals surface area (Å²) in [5.74, 6) is 1.86. The van der Waals surface area contributed by atoms with Crippen molar-refractivity contribution in [3.05, 3.63) is 41.5 Å². The largest absolute Gasteiger partial charge is 0.465 e. The first-order valence-electron chi connectivity index (χ1n) is 5.79. The van der Waals surface area contributed by atoms with E-state index in [1.165, 1.54) is 6.07 Å². The summed E-state index contributed by atoms with van der Waals surface area (Å²) in [5, 5.41) is 2.79. The van der Waals surface area contributed by atoms with Crippen molar-refractivity contribution in [3.8, 4) is 0 Å². The van der Waals surface area contributed by atoms with E-state index < -0.39 is 10.0 Å². The summed E-state index contributed by atoms with van der Waals surface area (Å²) in [6, 6.07) is 6.57. The average Bonchev–Trinajstić information content (AvgIpc) is 2.97. The van der Waals surface area contributed by atoms with Gasteiger partial charge in [0.25, 0.3) is 10.0 Å². The van der Waals surface area contributed by atoms with Crippen molar-refractivity contribution >= 4 is 10.0 Å². The molecule has 0 aliphatic rings. The number of rotatable bonds is 6. The lowest BCUT2D eigenvalue weighted by atomic mass is 10.4. The van der Waals surface area contributed by atoms with E-state index in [4.69, 9.17) is 8.83 Å². The minimum Gasteiger partial charge on any atom is -0.465 e. The third kappa shape index (κ3) is 3.46.